The topological polar surface area (TPSA) is 79.5 Å². The van der Waals surface area contributed by atoms with Crippen LogP contribution in [0.3, 0.4) is 0 Å². The van der Waals surface area contributed by atoms with E-state index in [0.717, 1.165) is 5.56 Å². The molecule has 0 aromatic heterocycles. The van der Waals surface area contributed by atoms with Gasteiger partial charge in [-0.3, -0.25) is 0 Å². The number of hydrogen-bond acceptors (Lipinski definition) is 4. The van der Waals surface area contributed by atoms with Gasteiger partial charge in [-0.25, -0.2) is 4.79 Å². The minimum atomic E-state index is -1.28. The largest absolute Gasteiger partial charge is 0.490 e. The second-order valence-corrected chi connectivity index (χ2v) is 5.47. The molecule has 128 valence electrons. The fourth-order valence-corrected chi connectivity index (χ4v) is 2.31. The molecule has 2 rings (SSSR count). The summed E-state index contributed by atoms with van der Waals surface area (Å²) in [4.78, 5) is 10.9. The molecule has 25 heavy (non-hydrogen) atoms. The molecule has 0 aliphatic heterocycles. The van der Waals surface area contributed by atoms with Crippen molar-refractivity contribution < 1.29 is 19.4 Å². The van der Waals surface area contributed by atoms with Crippen molar-refractivity contribution in [3.8, 4) is 17.6 Å². The van der Waals surface area contributed by atoms with E-state index >= 15 is 0 Å². The fraction of sp³-hybridized carbons (Fsp3) is 0.158. The Balaban J connectivity index is 2.24. The molecule has 0 fully saturated rings. The van der Waals surface area contributed by atoms with E-state index in [1.807, 2.05) is 25.1 Å². The Hall–Kier alpha value is -2.97. The highest BCUT2D eigenvalue weighted by atomic mass is 35.5. The number of halogens is 1. The number of aliphatic carboxylic acids is 1. The van der Waals surface area contributed by atoms with Crippen LogP contribution in [-0.4, -0.2) is 17.7 Å². The van der Waals surface area contributed by atoms with Gasteiger partial charge in [-0.1, -0.05) is 29.8 Å². The monoisotopic (exact) mass is 357 g/mol. The first kappa shape index (κ1) is 18.4. The summed E-state index contributed by atoms with van der Waals surface area (Å²) >= 11 is 5.96. The highest BCUT2D eigenvalue weighted by Gasteiger charge is 2.10. The molecule has 2 aromatic carbocycles. The number of hydrogen-bond donors (Lipinski definition) is 1. The number of carboxylic acids is 1. The molecule has 0 unspecified atom stereocenters. The van der Waals surface area contributed by atoms with Crippen molar-refractivity contribution in [2.24, 2.45) is 0 Å². The summed E-state index contributed by atoms with van der Waals surface area (Å²) in [6.45, 7) is 2.57. The van der Waals surface area contributed by atoms with Gasteiger partial charge in [-0.05, 0) is 48.4 Å². The number of nitriles is 1. The van der Waals surface area contributed by atoms with Gasteiger partial charge in [0.25, 0.3) is 0 Å². The molecule has 1 N–H and O–H groups in total. The van der Waals surface area contributed by atoms with Crippen LogP contribution in [0.5, 0.6) is 11.5 Å². The van der Waals surface area contributed by atoms with Crippen molar-refractivity contribution in [1.29, 1.82) is 5.26 Å². The van der Waals surface area contributed by atoms with Crippen molar-refractivity contribution in [3.63, 3.8) is 0 Å². The maximum absolute atomic E-state index is 10.9. The lowest BCUT2D eigenvalue weighted by Gasteiger charge is -2.13. The molecular formula is C19H16ClNO4. The summed E-state index contributed by atoms with van der Waals surface area (Å²) in [5, 5.41) is 18.4. The Bertz CT molecular complexity index is 840. The second kappa shape index (κ2) is 8.76. The van der Waals surface area contributed by atoms with E-state index < -0.39 is 5.97 Å². The number of rotatable bonds is 7. The van der Waals surface area contributed by atoms with Gasteiger partial charge in [0.05, 0.1) is 6.61 Å². The molecule has 0 heterocycles. The summed E-state index contributed by atoms with van der Waals surface area (Å²) in [5.41, 5.74) is 1.10. The third-order valence-corrected chi connectivity index (χ3v) is 3.45. The van der Waals surface area contributed by atoms with Gasteiger partial charge in [0, 0.05) is 5.02 Å². The van der Waals surface area contributed by atoms with Crippen LogP contribution in [0.15, 0.2) is 48.0 Å². The molecule has 0 aliphatic rings. The van der Waals surface area contributed by atoms with E-state index in [1.54, 1.807) is 30.3 Å². The third-order valence-electron chi connectivity index (χ3n) is 3.21. The molecule has 0 spiro atoms. The van der Waals surface area contributed by atoms with E-state index in [2.05, 4.69) is 0 Å². The van der Waals surface area contributed by atoms with Crippen LogP contribution in [0.1, 0.15) is 18.1 Å². The Labute approximate surface area is 150 Å². The Morgan fingerprint density at radius 1 is 1.24 bits per heavy atom. The molecule has 0 radical (unpaired) electrons. The Morgan fingerprint density at radius 2 is 2.04 bits per heavy atom. The molecule has 0 saturated carbocycles. The van der Waals surface area contributed by atoms with Crippen LogP contribution in [-0.2, 0) is 11.4 Å². The fourth-order valence-electron chi connectivity index (χ4n) is 2.10. The van der Waals surface area contributed by atoms with Crippen LogP contribution < -0.4 is 9.47 Å². The molecule has 0 saturated heterocycles. The first-order valence-corrected chi connectivity index (χ1v) is 7.90. The minimum absolute atomic E-state index is 0.314. The summed E-state index contributed by atoms with van der Waals surface area (Å²) in [6.07, 6.45) is 1.28. The molecule has 0 atom stereocenters. The van der Waals surface area contributed by atoms with Gasteiger partial charge in [0.1, 0.15) is 18.2 Å². The van der Waals surface area contributed by atoms with E-state index in [9.17, 15) is 4.79 Å². The predicted molar refractivity (Wildman–Crippen MR) is 94.6 cm³/mol. The van der Waals surface area contributed by atoms with Crippen molar-refractivity contribution in [2.75, 3.05) is 6.61 Å². The van der Waals surface area contributed by atoms with Gasteiger partial charge < -0.3 is 14.6 Å². The average Bonchev–Trinajstić information content (AvgIpc) is 2.59. The zero-order valence-electron chi connectivity index (χ0n) is 13.5. The molecule has 0 aliphatic carbocycles. The predicted octanol–water partition coefficient (Wildman–Crippen LogP) is 4.31. The summed E-state index contributed by atoms with van der Waals surface area (Å²) in [7, 11) is 0. The average molecular weight is 358 g/mol. The standard InChI is InChI=1S/C19H16ClNO4/c1-2-24-18-10-13(8-15(11-21)19(22)23)6-7-17(18)25-12-14-4-3-5-16(20)9-14/h3-10H,2,12H2,1H3,(H,22,23). The van der Waals surface area contributed by atoms with E-state index in [0.29, 0.717) is 35.3 Å². The Morgan fingerprint density at radius 3 is 2.68 bits per heavy atom. The first-order chi connectivity index (χ1) is 12.0. The lowest BCUT2D eigenvalue weighted by atomic mass is 10.1. The van der Waals surface area contributed by atoms with E-state index in [4.69, 9.17) is 31.4 Å². The smallest absolute Gasteiger partial charge is 0.346 e. The maximum atomic E-state index is 10.9. The molecular weight excluding hydrogens is 342 g/mol. The highest BCUT2D eigenvalue weighted by Crippen LogP contribution is 2.30. The maximum Gasteiger partial charge on any atom is 0.346 e. The Kier molecular flexibility index (Phi) is 6.44. The third kappa shape index (κ3) is 5.27. The van der Waals surface area contributed by atoms with Crippen LogP contribution in [0.4, 0.5) is 0 Å². The first-order valence-electron chi connectivity index (χ1n) is 7.52. The van der Waals surface area contributed by atoms with Gasteiger partial charge in [-0.15, -0.1) is 0 Å². The minimum Gasteiger partial charge on any atom is -0.490 e. The lowest BCUT2D eigenvalue weighted by Crippen LogP contribution is -2.01. The second-order valence-electron chi connectivity index (χ2n) is 5.03. The quantitative estimate of drug-likeness (QED) is 0.590. The molecule has 6 heteroatoms. The van der Waals surface area contributed by atoms with E-state index in [-0.39, 0.29) is 5.57 Å². The summed E-state index contributed by atoms with van der Waals surface area (Å²) in [6, 6.07) is 14.0. The summed E-state index contributed by atoms with van der Waals surface area (Å²) < 4.78 is 11.3. The van der Waals surface area contributed by atoms with Crippen LogP contribution in [0.25, 0.3) is 6.08 Å². The van der Waals surface area contributed by atoms with E-state index in [1.165, 1.54) is 6.08 Å². The SMILES string of the molecule is CCOc1cc(C=C(C#N)C(=O)O)ccc1OCc1cccc(Cl)c1. The van der Waals surface area contributed by atoms with Gasteiger partial charge in [-0.2, -0.15) is 5.26 Å². The number of benzene rings is 2. The zero-order valence-corrected chi connectivity index (χ0v) is 14.3. The van der Waals surface area contributed by atoms with Gasteiger partial charge in [0.15, 0.2) is 11.5 Å². The molecule has 0 bridgehead atoms. The van der Waals surface area contributed by atoms with Crippen molar-refractivity contribution in [1.82, 2.24) is 0 Å². The van der Waals surface area contributed by atoms with Crippen LogP contribution in [0.2, 0.25) is 5.02 Å². The lowest BCUT2D eigenvalue weighted by molar-refractivity contribution is -0.132. The molecule has 2 aromatic rings. The summed E-state index contributed by atoms with van der Waals surface area (Å²) in [5.74, 6) is -0.282. The van der Waals surface area contributed by atoms with Crippen molar-refractivity contribution in [3.05, 3.63) is 64.2 Å². The number of nitrogens with zero attached hydrogens (tertiary/aromatic N) is 1. The van der Waals surface area contributed by atoms with Crippen LogP contribution >= 0.6 is 11.6 Å². The number of carboxylic acid groups (broad SMARTS) is 1. The molecule has 0 amide bonds. The van der Waals surface area contributed by atoms with Gasteiger partial charge in [0.2, 0.25) is 0 Å². The van der Waals surface area contributed by atoms with Crippen molar-refractivity contribution >= 4 is 23.6 Å². The van der Waals surface area contributed by atoms with Crippen LogP contribution in [0, 0.1) is 11.3 Å². The molecule has 5 nitrogen and oxygen atoms in total. The number of ether oxygens (including phenoxy) is 2. The zero-order chi connectivity index (χ0) is 18.2. The normalized spacial score (nSPS) is 10.8. The van der Waals surface area contributed by atoms with Crippen molar-refractivity contribution in [2.45, 2.75) is 13.5 Å². The van der Waals surface area contributed by atoms with Gasteiger partial charge >= 0.3 is 5.97 Å². The highest BCUT2D eigenvalue weighted by molar-refractivity contribution is 6.30. The number of carbonyl (C=O) groups is 1.